The number of benzene rings is 3. The van der Waals surface area contributed by atoms with E-state index in [1.165, 1.54) is 38.9 Å². The highest BCUT2D eigenvalue weighted by atomic mass is 14.3. The lowest BCUT2D eigenvalue weighted by atomic mass is 9.74. The van der Waals surface area contributed by atoms with E-state index in [4.69, 9.17) is 0 Å². The molecule has 0 N–H and O–H groups in total. The SMILES string of the molecule is CCc1cc(C(C)(C)C)cc(C(C)(C)C)c1-c1ccccc1-c1ccccc1. The summed E-state index contributed by atoms with van der Waals surface area (Å²) in [5.41, 5.74) is 9.88. The standard InChI is InChI=1S/C28H34/c1-8-20-18-22(27(2,3)4)19-25(28(5,6)7)26(20)24-17-13-12-16-23(24)21-14-10-9-11-15-21/h9-19H,8H2,1-7H3. The van der Waals surface area contributed by atoms with Crippen molar-refractivity contribution >= 4 is 0 Å². The van der Waals surface area contributed by atoms with Gasteiger partial charge in [0.2, 0.25) is 0 Å². The molecular formula is C28H34. The minimum Gasteiger partial charge on any atom is -0.0622 e. The van der Waals surface area contributed by atoms with E-state index < -0.39 is 0 Å². The molecule has 0 fully saturated rings. The van der Waals surface area contributed by atoms with Gasteiger partial charge in [-0.25, -0.2) is 0 Å². The first kappa shape index (κ1) is 20.4. The molecule has 0 nitrogen and oxygen atoms in total. The number of aryl methyl sites for hydroxylation is 1. The summed E-state index contributed by atoms with van der Waals surface area (Å²) in [7, 11) is 0. The van der Waals surface area contributed by atoms with Gasteiger partial charge in [0.05, 0.1) is 0 Å². The predicted octanol–water partition coefficient (Wildman–Crippen LogP) is 8.18. The maximum absolute atomic E-state index is 2.45. The molecule has 0 spiro atoms. The van der Waals surface area contributed by atoms with Crippen molar-refractivity contribution in [1.29, 1.82) is 0 Å². The molecule has 0 aliphatic carbocycles. The van der Waals surface area contributed by atoms with Crippen LogP contribution in [0.15, 0.2) is 66.7 Å². The molecule has 0 atom stereocenters. The van der Waals surface area contributed by atoms with Crippen LogP contribution in [0.5, 0.6) is 0 Å². The molecule has 0 saturated heterocycles. The Bertz CT molecular complexity index is 948. The van der Waals surface area contributed by atoms with Crippen molar-refractivity contribution < 1.29 is 0 Å². The Morgan fingerprint density at radius 1 is 0.643 bits per heavy atom. The largest absolute Gasteiger partial charge is 0.0622 e. The van der Waals surface area contributed by atoms with E-state index in [2.05, 4.69) is 115 Å². The smallest absolute Gasteiger partial charge is 0.00997 e. The van der Waals surface area contributed by atoms with E-state index >= 15 is 0 Å². The normalized spacial score (nSPS) is 12.2. The van der Waals surface area contributed by atoms with Gasteiger partial charge in [-0.2, -0.15) is 0 Å². The zero-order valence-corrected chi connectivity index (χ0v) is 18.6. The second-order valence-corrected chi connectivity index (χ2v) is 9.82. The summed E-state index contributed by atoms with van der Waals surface area (Å²) in [4.78, 5) is 0. The van der Waals surface area contributed by atoms with Crippen LogP contribution in [-0.2, 0) is 17.3 Å². The van der Waals surface area contributed by atoms with Gasteiger partial charge in [0.15, 0.2) is 0 Å². The highest BCUT2D eigenvalue weighted by molar-refractivity contribution is 5.87. The van der Waals surface area contributed by atoms with Crippen LogP contribution >= 0.6 is 0 Å². The van der Waals surface area contributed by atoms with Crippen molar-refractivity contribution in [2.75, 3.05) is 0 Å². The molecule has 28 heavy (non-hydrogen) atoms. The number of hydrogen-bond donors (Lipinski definition) is 0. The molecule has 3 aromatic carbocycles. The van der Waals surface area contributed by atoms with Crippen LogP contribution in [0.1, 0.15) is 65.2 Å². The van der Waals surface area contributed by atoms with Gasteiger partial charge in [-0.05, 0) is 56.2 Å². The van der Waals surface area contributed by atoms with Gasteiger partial charge in [0.25, 0.3) is 0 Å². The summed E-state index contributed by atoms with van der Waals surface area (Å²) in [5, 5.41) is 0. The van der Waals surface area contributed by atoms with Crippen LogP contribution in [0, 0.1) is 0 Å². The third-order valence-corrected chi connectivity index (χ3v) is 5.56. The van der Waals surface area contributed by atoms with Crippen molar-refractivity contribution in [2.45, 2.75) is 65.7 Å². The molecule has 0 aliphatic rings. The quantitative estimate of drug-likeness (QED) is 0.436. The molecule has 3 rings (SSSR count). The van der Waals surface area contributed by atoms with Gasteiger partial charge in [-0.15, -0.1) is 0 Å². The summed E-state index contributed by atoms with van der Waals surface area (Å²) < 4.78 is 0. The maximum atomic E-state index is 2.45. The molecule has 0 aliphatic heterocycles. The number of hydrogen-bond acceptors (Lipinski definition) is 0. The van der Waals surface area contributed by atoms with Crippen molar-refractivity contribution in [3.63, 3.8) is 0 Å². The average Bonchev–Trinajstić information content (AvgIpc) is 2.66. The summed E-state index contributed by atoms with van der Waals surface area (Å²) >= 11 is 0. The van der Waals surface area contributed by atoms with E-state index in [0.717, 1.165) is 6.42 Å². The summed E-state index contributed by atoms with van der Waals surface area (Å²) in [6.07, 6.45) is 1.03. The molecular weight excluding hydrogens is 336 g/mol. The molecule has 0 unspecified atom stereocenters. The Kier molecular flexibility index (Phi) is 5.53. The van der Waals surface area contributed by atoms with Crippen LogP contribution in [0.2, 0.25) is 0 Å². The fourth-order valence-electron chi connectivity index (χ4n) is 3.89. The Balaban J connectivity index is 2.38. The highest BCUT2D eigenvalue weighted by Crippen LogP contribution is 2.42. The first-order valence-electron chi connectivity index (χ1n) is 10.5. The van der Waals surface area contributed by atoms with Gasteiger partial charge in [-0.1, -0.05) is 115 Å². The zero-order chi connectivity index (χ0) is 20.5. The first-order chi connectivity index (χ1) is 13.1. The van der Waals surface area contributed by atoms with Crippen LogP contribution < -0.4 is 0 Å². The van der Waals surface area contributed by atoms with Gasteiger partial charge in [0.1, 0.15) is 0 Å². The zero-order valence-electron chi connectivity index (χ0n) is 18.6. The fourth-order valence-corrected chi connectivity index (χ4v) is 3.89. The third-order valence-electron chi connectivity index (χ3n) is 5.56. The van der Waals surface area contributed by atoms with Crippen LogP contribution in [-0.4, -0.2) is 0 Å². The highest BCUT2D eigenvalue weighted by Gasteiger charge is 2.26. The summed E-state index contributed by atoms with van der Waals surface area (Å²) in [6, 6.07) is 24.5. The second-order valence-electron chi connectivity index (χ2n) is 9.82. The van der Waals surface area contributed by atoms with Crippen LogP contribution in [0.3, 0.4) is 0 Å². The molecule has 0 bridgehead atoms. The van der Waals surface area contributed by atoms with Gasteiger partial charge < -0.3 is 0 Å². The molecule has 0 heterocycles. The monoisotopic (exact) mass is 370 g/mol. The molecule has 3 aromatic rings. The van der Waals surface area contributed by atoms with Crippen LogP contribution in [0.25, 0.3) is 22.3 Å². The average molecular weight is 371 g/mol. The van der Waals surface area contributed by atoms with Gasteiger partial charge >= 0.3 is 0 Å². The molecule has 0 aromatic heterocycles. The lowest BCUT2D eigenvalue weighted by molar-refractivity contribution is 0.568. The van der Waals surface area contributed by atoms with E-state index in [9.17, 15) is 0 Å². The molecule has 146 valence electrons. The lowest BCUT2D eigenvalue weighted by Gasteiger charge is -2.30. The van der Waals surface area contributed by atoms with Gasteiger partial charge in [0, 0.05) is 0 Å². The van der Waals surface area contributed by atoms with Crippen molar-refractivity contribution in [2.24, 2.45) is 0 Å². The van der Waals surface area contributed by atoms with Crippen molar-refractivity contribution in [3.05, 3.63) is 83.4 Å². The third kappa shape index (κ3) is 4.07. The summed E-state index contributed by atoms with van der Waals surface area (Å²) in [6.45, 7) is 16.2. The second kappa shape index (κ2) is 7.59. The van der Waals surface area contributed by atoms with Gasteiger partial charge in [-0.3, -0.25) is 0 Å². The van der Waals surface area contributed by atoms with E-state index in [0.29, 0.717) is 0 Å². The Hall–Kier alpha value is -2.34. The minimum absolute atomic E-state index is 0.0737. The Morgan fingerprint density at radius 3 is 1.75 bits per heavy atom. The Labute approximate surface area is 171 Å². The maximum Gasteiger partial charge on any atom is -0.00997 e. The lowest BCUT2D eigenvalue weighted by Crippen LogP contribution is -2.19. The predicted molar refractivity (Wildman–Crippen MR) is 124 cm³/mol. The van der Waals surface area contributed by atoms with Crippen molar-refractivity contribution in [1.82, 2.24) is 0 Å². The van der Waals surface area contributed by atoms with E-state index in [-0.39, 0.29) is 10.8 Å². The van der Waals surface area contributed by atoms with Crippen molar-refractivity contribution in [3.8, 4) is 22.3 Å². The van der Waals surface area contributed by atoms with Crippen LogP contribution in [0.4, 0.5) is 0 Å². The Morgan fingerprint density at radius 2 is 1.21 bits per heavy atom. The minimum atomic E-state index is 0.0737. The fraction of sp³-hybridized carbons (Fsp3) is 0.357. The summed E-state index contributed by atoms with van der Waals surface area (Å²) in [5.74, 6) is 0. The molecule has 0 amide bonds. The van der Waals surface area contributed by atoms with E-state index in [1.807, 2.05) is 0 Å². The number of rotatable bonds is 3. The first-order valence-corrected chi connectivity index (χ1v) is 10.5. The molecule has 0 heteroatoms. The molecule has 0 radical (unpaired) electrons. The van der Waals surface area contributed by atoms with E-state index in [1.54, 1.807) is 0 Å². The topological polar surface area (TPSA) is 0 Å². The molecule has 0 saturated carbocycles.